The molecule has 0 saturated carbocycles. The van der Waals surface area contributed by atoms with Crippen molar-refractivity contribution in [2.24, 2.45) is 5.73 Å². The Labute approximate surface area is 212 Å². The Balaban J connectivity index is 1.24. The predicted molar refractivity (Wildman–Crippen MR) is 141 cm³/mol. The zero-order valence-electron chi connectivity index (χ0n) is 20.0. The van der Waals surface area contributed by atoms with Gasteiger partial charge in [0.2, 0.25) is 5.95 Å². The maximum absolute atomic E-state index is 9.64. The molecule has 0 bridgehead atoms. The number of nitrogens with one attached hydrogen (secondary N) is 1. The summed E-state index contributed by atoms with van der Waals surface area (Å²) in [5.41, 5.74) is 9.75. The summed E-state index contributed by atoms with van der Waals surface area (Å²) >= 11 is 1.53. The van der Waals surface area contributed by atoms with Crippen LogP contribution in [-0.4, -0.2) is 62.9 Å². The minimum absolute atomic E-state index is 0.0692. The molecule has 0 radical (unpaired) electrons. The number of piperidine rings is 1. The fourth-order valence-electron chi connectivity index (χ4n) is 4.45. The molecular weight excluding hydrogens is 476 g/mol. The lowest BCUT2D eigenvalue weighted by molar-refractivity contribution is 0.142. The van der Waals surface area contributed by atoms with Gasteiger partial charge in [-0.1, -0.05) is 11.3 Å². The molecule has 11 heteroatoms. The van der Waals surface area contributed by atoms with Crippen molar-refractivity contribution in [1.29, 1.82) is 0 Å². The molecule has 186 valence electrons. The van der Waals surface area contributed by atoms with E-state index in [1.165, 1.54) is 23.4 Å². The second kappa shape index (κ2) is 9.16. The number of nitrogens with zero attached hydrogens (tertiary/aromatic N) is 6. The van der Waals surface area contributed by atoms with Crippen LogP contribution in [0.25, 0.3) is 21.9 Å². The highest BCUT2D eigenvalue weighted by Crippen LogP contribution is 2.37. The van der Waals surface area contributed by atoms with E-state index in [-0.39, 0.29) is 11.6 Å². The molecule has 0 unspecified atom stereocenters. The normalized spacial score (nSPS) is 17.8. The molecule has 1 aromatic carbocycles. The summed E-state index contributed by atoms with van der Waals surface area (Å²) in [5, 5.41) is 13.8. The first-order chi connectivity index (χ1) is 17.4. The number of aliphatic hydroxyl groups excluding tert-OH is 1. The average Bonchev–Trinajstić information content (AvgIpc) is 3.55. The van der Waals surface area contributed by atoms with Crippen molar-refractivity contribution in [3.05, 3.63) is 49.2 Å². The van der Waals surface area contributed by atoms with Crippen molar-refractivity contribution >= 4 is 33.8 Å². The van der Waals surface area contributed by atoms with Crippen LogP contribution in [0.1, 0.15) is 19.8 Å². The molecule has 0 amide bonds. The second-order valence-electron chi connectivity index (χ2n) is 9.70. The molecule has 36 heavy (non-hydrogen) atoms. The average molecular weight is 505 g/mol. The molecule has 2 fully saturated rings. The monoisotopic (exact) mass is 504 g/mol. The molecule has 0 aliphatic carbocycles. The van der Waals surface area contributed by atoms with Gasteiger partial charge >= 0.3 is 0 Å². The van der Waals surface area contributed by atoms with Crippen molar-refractivity contribution in [3.63, 3.8) is 0 Å². The van der Waals surface area contributed by atoms with Crippen LogP contribution in [0.15, 0.2) is 53.7 Å². The van der Waals surface area contributed by atoms with Crippen LogP contribution in [0.3, 0.4) is 0 Å². The summed E-state index contributed by atoms with van der Waals surface area (Å²) in [5.74, 6) is 1.07. The number of nitrogens with two attached hydrogens (primary N) is 1. The summed E-state index contributed by atoms with van der Waals surface area (Å²) in [6.45, 7) is 5.24. The van der Waals surface area contributed by atoms with E-state index in [4.69, 9.17) is 15.1 Å². The van der Waals surface area contributed by atoms with E-state index < -0.39 is 0 Å². The Morgan fingerprint density at radius 3 is 2.56 bits per heavy atom. The molecule has 2 saturated heterocycles. The number of anilines is 4. The first kappa shape index (κ1) is 22.9. The van der Waals surface area contributed by atoms with E-state index in [9.17, 15) is 5.11 Å². The summed E-state index contributed by atoms with van der Waals surface area (Å²) in [4.78, 5) is 23.2. The van der Waals surface area contributed by atoms with E-state index in [1.807, 2.05) is 17.0 Å². The molecule has 0 spiro atoms. The van der Waals surface area contributed by atoms with Crippen molar-refractivity contribution in [3.8, 4) is 21.9 Å². The standard InChI is InChI=1S/C25H28N8O2S/c1-25(26)6-8-32(9-7-25)17-4-2-16(3-5-17)30-23-28-10-19(20-11-27-15-35-20)22(31-23)21-12-29-24(36-21)33-13-18(34)14-33/h2-5,10-12,15,18,34H,6-9,13-14,26H2,1H3,(H,28,30,31). The molecule has 5 heterocycles. The largest absolute Gasteiger partial charge is 0.443 e. The van der Waals surface area contributed by atoms with Crippen molar-refractivity contribution < 1.29 is 9.52 Å². The molecule has 2 aliphatic rings. The Hall–Kier alpha value is -3.54. The molecule has 4 aromatic rings. The summed E-state index contributed by atoms with van der Waals surface area (Å²) in [6.07, 6.45) is 8.26. The molecule has 10 nitrogen and oxygen atoms in total. The molecule has 3 aromatic heterocycles. The Morgan fingerprint density at radius 1 is 1.08 bits per heavy atom. The van der Waals surface area contributed by atoms with Crippen LogP contribution in [0.4, 0.5) is 22.5 Å². The van der Waals surface area contributed by atoms with Crippen LogP contribution in [-0.2, 0) is 0 Å². The highest BCUT2D eigenvalue weighted by molar-refractivity contribution is 7.18. The number of aliphatic hydroxyl groups is 1. The van der Waals surface area contributed by atoms with E-state index in [0.29, 0.717) is 30.5 Å². The van der Waals surface area contributed by atoms with Crippen molar-refractivity contribution in [1.82, 2.24) is 19.9 Å². The van der Waals surface area contributed by atoms with Gasteiger partial charge in [0.15, 0.2) is 17.3 Å². The fourth-order valence-corrected chi connectivity index (χ4v) is 5.39. The van der Waals surface area contributed by atoms with Gasteiger partial charge in [-0.2, -0.15) is 0 Å². The van der Waals surface area contributed by atoms with Crippen LogP contribution in [0.2, 0.25) is 0 Å². The number of thiazole rings is 1. The zero-order chi connectivity index (χ0) is 24.7. The Bertz CT molecular complexity index is 1320. The van der Waals surface area contributed by atoms with Crippen LogP contribution in [0.5, 0.6) is 0 Å². The number of β-amino-alcohol motifs (C(OH)–C–C–N with tert-alkyl or cyclic N) is 1. The van der Waals surface area contributed by atoms with Crippen LogP contribution < -0.4 is 20.9 Å². The summed E-state index contributed by atoms with van der Waals surface area (Å²) < 4.78 is 5.54. The number of hydrogen-bond donors (Lipinski definition) is 3. The number of benzene rings is 1. The highest BCUT2D eigenvalue weighted by Gasteiger charge is 2.28. The number of hydrogen-bond acceptors (Lipinski definition) is 11. The Morgan fingerprint density at radius 2 is 1.86 bits per heavy atom. The van der Waals surface area contributed by atoms with Gasteiger partial charge in [0.25, 0.3) is 0 Å². The van der Waals surface area contributed by atoms with Gasteiger partial charge in [0.05, 0.1) is 28.4 Å². The topological polar surface area (TPSA) is 129 Å². The number of rotatable bonds is 6. The van der Waals surface area contributed by atoms with Crippen LogP contribution >= 0.6 is 11.3 Å². The van der Waals surface area contributed by atoms with Gasteiger partial charge in [-0.3, -0.25) is 0 Å². The van der Waals surface area contributed by atoms with Gasteiger partial charge in [-0.15, -0.1) is 0 Å². The Kier molecular flexibility index (Phi) is 5.82. The lowest BCUT2D eigenvalue weighted by Gasteiger charge is -2.38. The first-order valence-electron chi connectivity index (χ1n) is 12.0. The van der Waals surface area contributed by atoms with E-state index in [1.54, 1.807) is 18.6 Å². The molecular formula is C25H28N8O2S. The predicted octanol–water partition coefficient (Wildman–Crippen LogP) is 3.50. The van der Waals surface area contributed by atoms with E-state index >= 15 is 0 Å². The van der Waals surface area contributed by atoms with E-state index in [2.05, 4.69) is 44.2 Å². The molecule has 4 N–H and O–H groups in total. The zero-order valence-corrected chi connectivity index (χ0v) is 20.8. The third kappa shape index (κ3) is 4.64. The highest BCUT2D eigenvalue weighted by atomic mass is 32.1. The van der Waals surface area contributed by atoms with Crippen molar-refractivity contribution in [2.75, 3.05) is 41.3 Å². The third-order valence-electron chi connectivity index (χ3n) is 6.74. The minimum Gasteiger partial charge on any atom is -0.443 e. The SMILES string of the molecule is CC1(N)CCN(c2ccc(Nc3ncc(-c4cnco4)c(-c4cnc(N5CC(O)C5)s4)n3)cc2)CC1. The van der Waals surface area contributed by atoms with E-state index in [0.717, 1.165) is 47.2 Å². The number of aromatic nitrogens is 4. The number of oxazole rings is 1. The summed E-state index contributed by atoms with van der Waals surface area (Å²) in [6, 6.07) is 8.31. The van der Waals surface area contributed by atoms with Gasteiger partial charge in [-0.25, -0.2) is 19.9 Å². The van der Waals surface area contributed by atoms with Crippen LogP contribution in [0, 0.1) is 0 Å². The summed E-state index contributed by atoms with van der Waals surface area (Å²) in [7, 11) is 0. The third-order valence-corrected chi connectivity index (χ3v) is 7.81. The van der Waals surface area contributed by atoms with Gasteiger partial charge in [0.1, 0.15) is 0 Å². The molecule has 2 aliphatic heterocycles. The lowest BCUT2D eigenvalue weighted by atomic mass is 9.91. The maximum atomic E-state index is 9.64. The smallest absolute Gasteiger partial charge is 0.227 e. The first-order valence-corrected chi connectivity index (χ1v) is 12.8. The fraction of sp³-hybridized carbons (Fsp3) is 0.360. The second-order valence-corrected chi connectivity index (χ2v) is 10.7. The lowest BCUT2D eigenvalue weighted by Crippen LogP contribution is -2.50. The van der Waals surface area contributed by atoms with Gasteiger partial charge in [0, 0.05) is 55.5 Å². The molecule has 0 atom stereocenters. The van der Waals surface area contributed by atoms with Crippen molar-refractivity contribution in [2.45, 2.75) is 31.4 Å². The van der Waals surface area contributed by atoms with Gasteiger partial charge < -0.3 is 30.4 Å². The van der Waals surface area contributed by atoms with Gasteiger partial charge in [-0.05, 0) is 44.0 Å². The quantitative estimate of drug-likeness (QED) is 0.359. The maximum Gasteiger partial charge on any atom is 0.227 e. The minimum atomic E-state index is -0.292. The molecule has 6 rings (SSSR count).